The molecule has 0 atom stereocenters. The summed E-state index contributed by atoms with van der Waals surface area (Å²) in [4.78, 5) is 13.0. The van der Waals surface area contributed by atoms with Crippen LogP contribution in [0.15, 0.2) is 0 Å². The van der Waals surface area contributed by atoms with E-state index in [0.717, 1.165) is 30.1 Å². The molecule has 0 saturated heterocycles. The highest BCUT2D eigenvalue weighted by Crippen LogP contribution is 2.60. The Balaban J connectivity index is 1.47. The van der Waals surface area contributed by atoms with Crippen LogP contribution in [0.4, 0.5) is 0 Å². The van der Waals surface area contributed by atoms with E-state index >= 15 is 0 Å². The van der Waals surface area contributed by atoms with Crippen molar-refractivity contribution >= 4 is 5.78 Å². The first-order valence-corrected chi connectivity index (χ1v) is 8.77. The molecule has 0 radical (unpaired) electrons. The molecule has 5 aliphatic rings. The fourth-order valence-corrected chi connectivity index (χ4v) is 6.32. The Hall–Kier alpha value is -0.330. The third kappa shape index (κ3) is 2.17. The summed E-state index contributed by atoms with van der Waals surface area (Å²) in [5.74, 6) is 4.19. The van der Waals surface area contributed by atoms with Crippen molar-refractivity contribution in [1.82, 2.24) is 0 Å². The smallest absolute Gasteiger partial charge is 0.139 e. The molecule has 5 rings (SSSR count). The van der Waals surface area contributed by atoms with Gasteiger partial charge in [-0.3, -0.25) is 4.79 Å². The monoisotopic (exact) mass is 260 g/mol. The van der Waals surface area contributed by atoms with Crippen molar-refractivity contribution in [2.24, 2.45) is 29.1 Å². The van der Waals surface area contributed by atoms with Gasteiger partial charge in [-0.1, -0.05) is 32.1 Å². The van der Waals surface area contributed by atoms with Crippen molar-refractivity contribution in [1.29, 1.82) is 0 Å². The van der Waals surface area contributed by atoms with E-state index in [2.05, 4.69) is 0 Å². The third-order valence-corrected chi connectivity index (χ3v) is 6.83. The summed E-state index contributed by atoms with van der Waals surface area (Å²) < 4.78 is 0. The van der Waals surface area contributed by atoms with Crippen LogP contribution in [0, 0.1) is 29.1 Å². The Morgan fingerprint density at radius 2 is 1.37 bits per heavy atom. The highest BCUT2D eigenvalue weighted by atomic mass is 16.1. The van der Waals surface area contributed by atoms with Gasteiger partial charge in [0.15, 0.2) is 0 Å². The van der Waals surface area contributed by atoms with E-state index in [-0.39, 0.29) is 5.41 Å². The van der Waals surface area contributed by atoms with Crippen molar-refractivity contribution in [2.75, 3.05) is 0 Å². The van der Waals surface area contributed by atoms with Crippen LogP contribution in [0.1, 0.15) is 77.0 Å². The zero-order valence-corrected chi connectivity index (χ0v) is 12.2. The van der Waals surface area contributed by atoms with Crippen LogP contribution in [-0.2, 0) is 4.79 Å². The summed E-state index contributed by atoms with van der Waals surface area (Å²) >= 11 is 0. The molecule has 0 aliphatic heterocycles. The number of carbonyl (C=O) groups excluding carboxylic acids is 1. The Bertz CT molecular complexity index is 329. The van der Waals surface area contributed by atoms with Crippen molar-refractivity contribution < 1.29 is 4.79 Å². The fraction of sp³-hybridized carbons (Fsp3) is 0.944. The van der Waals surface area contributed by atoms with Gasteiger partial charge in [0.2, 0.25) is 0 Å². The predicted molar refractivity (Wildman–Crippen MR) is 76.8 cm³/mol. The Labute approximate surface area is 117 Å². The minimum atomic E-state index is 0.173. The van der Waals surface area contributed by atoms with Crippen LogP contribution in [0.2, 0.25) is 0 Å². The van der Waals surface area contributed by atoms with Crippen LogP contribution in [0.3, 0.4) is 0 Å². The van der Waals surface area contributed by atoms with Gasteiger partial charge in [0.1, 0.15) is 5.78 Å². The first-order valence-electron chi connectivity index (χ1n) is 8.77. The number of carbonyl (C=O) groups is 1. The van der Waals surface area contributed by atoms with Crippen LogP contribution in [0.25, 0.3) is 0 Å². The van der Waals surface area contributed by atoms with E-state index in [0.29, 0.717) is 5.78 Å². The second-order valence-corrected chi connectivity index (χ2v) is 8.33. The normalized spacial score (nSPS) is 45.6. The van der Waals surface area contributed by atoms with Gasteiger partial charge in [-0.05, 0) is 62.2 Å². The van der Waals surface area contributed by atoms with E-state index in [9.17, 15) is 4.79 Å². The largest absolute Gasteiger partial charge is 0.299 e. The molecular formula is C18H28O. The Kier molecular flexibility index (Phi) is 3.01. The summed E-state index contributed by atoms with van der Waals surface area (Å²) in [5, 5.41) is 0. The van der Waals surface area contributed by atoms with Crippen LogP contribution < -0.4 is 0 Å². The molecule has 19 heavy (non-hydrogen) atoms. The van der Waals surface area contributed by atoms with E-state index < -0.39 is 0 Å². The van der Waals surface area contributed by atoms with E-state index in [1.54, 1.807) is 0 Å². The third-order valence-electron chi connectivity index (χ3n) is 6.83. The lowest BCUT2D eigenvalue weighted by atomic mass is 9.48. The molecule has 0 amide bonds. The quantitative estimate of drug-likeness (QED) is 0.716. The molecular weight excluding hydrogens is 232 g/mol. The molecule has 0 heterocycles. The summed E-state index contributed by atoms with van der Waals surface area (Å²) in [6, 6.07) is 0. The maximum absolute atomic E-state index is 13.0. The SMILES string of the molecule is O=C(CC1CCCCC1)C12CC3CC(CC(C3)C1)C2. The maximum atomic E-state index is 13.0. The van der Waals surface area contributed by atoms with Gasteiger partial charge in [0.25, 0.3) is 0 Å². The molecule has 0 aromatic heterocycles. The first kappa shape index (κ1) is 12.4. The average molecular weight is 260 g/mol. The van der Waals surface area contributed by atoms with E-state index in [4.69, 9.17) is 0 Å². The molecule has 1 heteroatoms. The minimum absolute atomic E-state index is 0.173. The molecule has 0 aromatic carbocycles. The molecule has 4 bridgehead atoms. The Morgan fingerprint density at radius 3 is 1.89 bits per heavy atom. The highest BCUT2D eigenvalue weighted by Gasteiger charge is 2.54. The van der Waals surface area contributed by atoms with Crippen LogP contribution in [-0.4, -0.2) is 5.78 Å². The highest BCUT2D eigenvalue weighted by molar-refractivity contribution is 5.85. The topological polar surface area (TPSA) is 17.1 Å². The number of ketones is 1. The summed E-state index contributed by atoms with van der Waals surface area (Å²) in [6.45, 7) is 0. The molecule has 106 valence electrons. The van der Waals surface area contributed by atoms with Gasteiger partial charge in [0, 0.05) is 11.8 Å². The second-order valence-electron chi connectivity index (χ2n) is 8.33. The minimum Gasteiger partial charge on any atom is -0.299 e. The molecule has 5 aliphatic carbocycles. The lowest BCUT2D eigenvalue weighted by Crippen LogP contribution is -2.50. The van der Waals surface area contributed by atoms with Gasteiger partial charge in [-0.25, -0.2) is 0 Å². The average Bonchev–Trinajstić information content (AvgIpc) is 2.38. The maximum Gasteiger partial charge on any atom is 0.139 e. The molecule has 0 unspecified atom stereocenters. The van der Waals surface area contributed by atoms with E-state index in [1.807, 2.05) is 0 Å². The molecule has 0 spiro atoms. The van der Waals surface area contributed by atoms with Gasteiger partial charge in [0.05, 0.1) is 0 Å². The van der Waals surface area contributed by atoms with Crippen LogP contribution >= 0.6 is 0 Å². The molecule has 5 saturated carbocycles. The lowest BCUT2D eigenvalue weighted by Gasteiger charge is -2.56. The summed E-state index contributed by atoms with van der Waals surface area (Å²) in [5.41, 5.74) is 0.173. The molecule has 5 fully saturated rings. The van der Waals surface area contributed by atoms with Gasteiger partial charge < -0.3 is 0 Å². The zero-order chi connectivity index (χ0) is 12.9. The number of Topliss-reactive ketones (excluding diaryl/α,β-unsaturated/α-hetero) is 1. The van der Waals surface area contributed by atoms with Crippen molar-refractivity contribution in [2.45, 2.75) is 77.0 Å². The number of hydrogen-bond donors (Lipinski definition) is 0. The lowest BCUT2D eigenvalue weighted by molar-refractivity contribution is -0.145. The molecule has 0 N–H and O–H groups in total. The number of hydrogen-bond acceptors (Lipinski definition) is 1. The van der Waals surface area contributed by atoms with Crippen molar-refractivity contribution in [3.05, 3.63) is 0 Å². The van der Waals surface area contributed by atoms with Gasteiger partial charge in [-0.2, -0.15) is 0 Å². The summed E-state index contributed by atoms with van der Waals surface area (Å²) in [7, 11) is 0. The molecule has 1 nitrogen and oxygen atoms in total. The molecule has 0 aromatic rings. The van der Waals surface area contributed by atoms with Gasteiger partial charge >= 0.3 is 0 Å². The van der Waals surface area contributed by atoms with Crippen LogP contribution in [0.5, 0.6) is 0 Å². The van der Waals surface area contributed by atoms with Crippen molar-refractivity contribution in [3.63, 3.8) is 0 Å². The van der Waals surface area contributed by atoms with E-state index in [1.165, 1.54) is 70.6 Å². The van der Waals surface area contributed by atoms with Gasteiger partial charge in [-0.15, -0.1) is 0 Å². The zero-order valence-electron chi connectivity index (χ0n) is 12.2. The summed E-state index contributed by atoms with van der Waals surface area (Å²) in [6.07, 6.45) is 15.9. The fourth-order valence-electron chi connectivity index (χ4n) is 6.32. The standard InChI is InChI=1S/C18H28O/c19-17(9-13-4-2-1-3-5-13)18-10-14-6-15(11-18)8-16(7-14)12-18/h13-16H,1-12H2. The number of rotatable bonds is 3. The van der Waals surface area contributed by atoms with Crippen molar-refractivity contribution in [3.8, 4) is 0 Å². The Morgan fingerprint density at radius 1 is 0.842 bits per heavy atom. The predicted octanol–water partition coefficient (Wildman–Crippen LogP) is 4.74. The first-order chi connectivity index (χ1) is 9.23. The second kappa shape index (κ2) is 4.60.